The molecule has 0 saturated carbocycles. The second-order valence-electron chi connectivity index (χ2n) is 22.7. The van der Waals surface area contributed by atoms with Crippen LogP contribution in [-0.4, -0.2) is 94.7 Å². The Morgan fingerprint density at radius 1 is 0.452 bits per heavy atom. The van der Waals surface area contributed by atoms with Gasteiger partial charge in [0, 0.05) is 0 Å². The summed E-state index contributed by atoms with van der Waals surface area (Å²) < 4.78 is 68.9. The predicted octanol–water partition coefficient (Wildman–Crippen LogP) is 12.0. The lowest BCUT2D eigenvalue weighted by Gasteiger charge is -2.49. The SMILES string of the molecule is CC1OC(COC2OC(CO[Si](C(C)C)(C(C)C)C(C)C)[C@H](OCc3ccccc3)C(OCc3ccccc3)[C@H]2OC(=O)C(C)(C)C)[C@H](OCc2ccccc2)C(OCc2ccccc2)[C@H]1OC(=O)C(C)(C)C. The fourth-order valence-electron chi connectivity index (χ4n) is 10.0. The van der Waals surface area contributed by atoms with Gasteiger partial charge in [-0.05, 0) is 87.3 Å². The number of ether oxygens (including phenoxy) is 9. The molecule has 400 valence electrons. The molecule has 10 atom stereocenters. The maximum Gasteiger partial charge on any atom is 0.311 e. The lowest BCUT2D eigenvalue weighted by atomic mass is 9.93. The molecule has 2 fully saturated rings. The summed E-state index contributed by atoms with van der Waals surface area (Å²) >= 11 is 0. The molecule has 0 N–H and O–H groups in total. The number of rotatable bonds is 23. The molecule has 2 aliphatic heterocycles. The lowest BCUT2D eigenvalue weighted by molar-refractivity contribution is -0.331. The number of esters is 2. The van der Waals surface area contributed by atoms with Crippen LogP contribution >= 0.6 is 0 Å². The summed E-state index contributed by atoms with van der Waals surface area (Å²) in [5, 5.41) is 0. The molecule has 0 radical (unpaired) electrons. The fourth-order valence-corrected chi connectivity index (χ4v) is 15.5. The summed E-state index contributed by atoms with van der Waals surface area (Å²) in [6, 6.07) is 39.5. The van der Waals surface area contributed by atoms with Gasteiger partial charge >= 0.3 is 11.9 Å². The average molecular weight is 1030 g/mol. The number of benzene rings is 4. The highest BCUT2D eigenvalue weighted by Gasteiger charge is 2.55. The van der Waals surface area contributed by atoms with E-state index in [1.54, 1.807) is 0 Å². The minimum absolute atomic E-state index is 0.0969. The predicted molar refractivity (Wildman–Crippen MR) is 285 cm³/mol. The quantitative estimate of drug-likeness (QED) is 0.0518. The molecule has 4 aromatic rings. The zero-order chi connectivity index (χ0) is 52.9. The Balaban J connectivity index is 1.42. The largest absolute Gasteiger partial charge is 0.456 e. The van der Waals surface area contributed by atoms with Gasteiger partial charge < -0.3 is 47.1 Å². The molecular weight excluding hydrogens is 941 g/mol. The van der Waals surface area contributed by atoms with Gasteiger partial charge in [0.1, 0.15) is 36.6 Å². The maximum absolute atomic E-state index is 14.2. The van der Waals surface area contributed by atoms with Crippen molar-refractivity contribution in [1.82, 2.24) is 0 Å². The Labute approximate surface area is 437 Å². The molecule has 0 spiro atoms. The van der Waals surface area contributed by atoms with Crippen molar-refractivity contribution in [2.24, 2.45) is 10.8 Å². The van der Waals surface area contributed by atoms with E-state index in [9.17, 15) is 9.59 Å². The van der Waals surface area contributed by atoms with E-state index in [0.717, 1.165) is 22.3 Å². The fraction of sp³-hybridized carbons (Fsp3) is 0.567. The molecule has 2 aliphatic rings. The Morgan fingerprint density at radius 2 is 0.781 bits per heavy atom. The molecule has 12 nitrogen and oxygen atoms in total. The van der Waals surface area contributed by atoms with Crippen LogP contribution in [0.15, 0.2) is 121 Å². The summed E-state index contributed by atoms with van der Waals surface area (Å²) in [4.78, 5) is 27.9. The van der Waals surface area contributed by atoms with E-state index in [1.807, 2.05) is 170 Å². The van der Waals surface area contributed by atoms with Crippen molar-refractivity contribution in [1.29, 1.82) is 0 Å². The summed E-state index contributed by atoms with van der Waals surface area (Å²) in [6.07, 6.45) is -8.62. The van der Waals surface area contributed by atoms with Gasteiger partial charge in [-0.15, -0.1) is 0 Å². The minimum atomic E-state index is -2.47. The Kier molecular flexibility index (Phi) is 21.0. The highest BCUT2D eigenvalue weighted by Crippen LogP contribution is 2.43. The molecular formula is C60H84O12Si. The second-order valence-corrected chi connectivity index (χ2v) is 28.1. The van der Waals surface area contributed by atoms with E-state index in [1.165, 1.54) is 0 Å². The molecule has 6 rings (SSSR count). The van der Waals surface area contributed by atoms with Crippen molar-refractivity contribution in [2.45, 2.75) is 194 Å². The monoisotopic (exact) mass is 1020 g/mol. The Morgan fingerprint density at radius 3 is 1.14 bits per heavy atom. The third-order valence-electron chi connectivity index (χ3n) is 13.9. The zero-order valence-electron chi connectivity index (χ0n) is 45.7. The third kappa shape index (κ3) is 15.6. The van der Waals surface area contributed by atoms with Crippen molar-refractivity contribution in [2.75, 3.05) is 13.2 Å². The van der Waals surface area contributed by atoms with Gasteiger partial charge in [-0.25, -0.2) is 0 Å². The molecule has 2 saturated heterocycles. The molecule has 2 heterocycles. The Bertz CT molecular complexity index is 2230. The van der Waals surface area contributed by atoms with Crippen LogP contribution in [0.2, 0.25) is 16.6 Å². The standard InChI is InChI=1S/C60H84O12Si/c1-40(2)73(41(3)4,42(5)6)68-39-49-52(64-35-45-28-20-15-21-29-45)54(66-37-47-32-24-17-25-33-47)55(72-58(62)60(11,12)13)56(70-49)67-38-48-51(63-34-44-26-18-14-19-27-44)53(65-36-46-30-22-16-23-31-46)50(43(7)69-48)71-57(61)59(8,9)10/h14-33,40-43,48-56H,34-39H2,1-13H3/t43?,48?,49?,50-,51-,52-,53?,54?,55+,56?/m0/s1. The highest BCUT2D eigenvalue weighted by atomic mass is 28.4. The molecule has 6 unspecified atom stereocenters. The molecule has 0 aliphatic carbocycles. The normalized spacial score (nSPS) is 25.0. The first-order chi connectivity index (χ1) is 34.7. The van der Waals surface area contributed by atoms with Crippen molar-refractivity contribution < 1.29 is 56.6 Å². The van der Waals surface area contributed by atoms with E-state index in [2.05, 4.69) is 41.5 Å². The van der Waals surface area contributed by atoms with Gasteiger partial charge in [-0.1, -0.05) is 163 Å². The zero-order valence-corrected chi connectivity index (χ0v) is 46.7. The summed E-state index contributed by atoms with van der Waals surface area (Å²) in [6.45, 7) is 27.2. The van der Waals surface area contributed by atoms with Crippen molar-refractivity contribution in [3.05, 3.63) is 144 Å². The number of carbonyl (C=O) groups excluding carboxylic acids is 2. The van der Waals surface area contributed by atoms with E-state index < -0.39 is 92.3 Å². The van der Waals surface area contributed by atoms with E-state index >= 15 is 0 Å². The van der Waals surface area contributed by atoms with Crippen LogP contribution in [0.4, 0.5) is 0 Å². The van der Waals surface area contributed by atoms with Crippen molar-refractivity contribution in [3.63, 3.8) is 0 Å². The third-order valence-corrected chi connectivity index (χ3v) is 20.0. The molecule has 13 heteroatoms. The Hall–Kier alpha value is -4.28. The number of hydrogen-bond donors (Lipinski definition) is 0. The van der Waals surface area contributed by atoms with Gasteiger partial charge in [0.2, 0.25) is 0 Å². The second kappa shape index (κ2) is 26.5. The van der Waals surface area contributed by atoms with Crippen LogP contribution in [0.3, 0.4) is 0 Å². The van der Waals surface area contributed by atoms with Crippen LogP contribution < -0.4 is 0 Å². The van der Waals surface area contributed by atoms with Gasteiger partial charge in [-0.3, -0.25) is 9.59 Å². The van der Waals surface area contributed by atoms with Crippen molar-refractivity contribution in [3.8, 4) is 0 Å². The van der Waals surface area contributed by atoms with Crippen LogP contribution in [0.1, 0.15) is 112 Å². The first-order valence-corrected chi connectivity index (χ1v) is 28.4. The molecule has 0 bridgehead atoms. The smallest absolute Gasteiger partial charge is 0.311 e. The molecule has 0 aromatic heterocycles. The minimum Gasteiger partial charge on any atom is -0.456 e. The average Bonchev–Trinajstić information content (AvgIpc) is 3.35. The van der Waals surface area contributed by atoms with Crippen LogP contribution in [0.5, 0.6) is 0 Å². The van der Waals surface area contributed by atoms with E-state index in [0.29, 0.717) is 16.6 Å². The summed E-state index contributed by atoms with van der Waals surface area (Å²) in [5.41, 5.74) is 2.94. The van der Waals surface area contributed by atoms with Gasteiger partial charge in [0.25, 0.3) is 0 Å². The number of hydrogen-bond acceptors (Lipinski definition) is 12. The van der Waals surface area contributed by atoms with Gasteiger partial charge in [0.05, 0.1) is 56.6 Å². The topological polar surface area (TPSA) is 126 Å². The van der Waals surface area contributed by atoms with Gasteiger partial charge in [-0.2, -0.15) is 0 Å². The molecule has 0 amide bonds. The first kappa shape index (κ1) is 58.0. The number of carbonyl (C=O) groups is 2. The van der Waals surface area contributed by atoms with Crippen LogP contribution in [0.25, 0.3) is 0 Å². The first-order valence-electron chi connectivity index (χ1n) is 26.3. The molecule has 73 heavy (non-hydrogen) atoms. The highest BCUT2D eigenvalue weighted by molar-refractivity contribution is 6.77. The van der Waals surface area contributed by atoms with Gasteiger partial charge in [0.15, 0.2) is 26.8 Å². The van der Waals surface area contributed by atoms with Crippen LogP contribution in [0, 0.1) is 10.8 Å². The lowest BCUT2D eigenvalue weighted by Crippen LogP contribution is -2.64. The molecule has 4 aromatic carbocycles. The van der Waals surface area contributed by atoms with Crippen molar-refractivity contribution >= 4 is 20.3 Å². The summed E-state index contributed by atoms with van der Waals surface area (Å²) in [7, 11) is -2.47. The summed E-state index contributed by atoms with van der Waals surface area (Å²) in [5.74, 6) is -0.856. The van der Waals surface area contributed by atoms with Crippen LogP contribution in [-0.2, 0) is 83.1 Å². The maximum atomic E-state index is 14.2. The van der Waals surface area contributed by atoms with E-state index in [4.69, 9.17) is 47.1 Å². The van der Waals surface area contributed by atoms with E-state index in [-0.39, 0.29) is 39.6 Å².